The van der Waals surface area contributed by atoms with E-state index in [0.717, 1.165) is 36.0 Å². The molecule has 7 heteroatoms. The highest BCUT2D eigenvalue weighted by Gasteiger charge is 2.31. The molecule has 0 saturated carbocycles. The number of anilines is 1. The van der Waals surface area contributed by atoms with Crippen LogP contribution in [0.25, 0.3) is 0 Å². The maximum absolute atomic E-state index is 12.7. The first-order chi connectivity index (χ1) is 12.7. The number of carbonyl (C=O) groups is 1. The van der Waals surface area contributed by atoms with Crippen molar-refractivity contribution >= 4 is 21.6 Å². The molecule has 0 aliphatic carbocycles. The average molecular weight is 393 g/mol. The first kappa shape index (κ1) is 21.0. The first-order valence-electron chi connectivity index (χ1n) is 9.10. The minimum Gasteiger partial charge on any atom is -0.469 e. The molecular formula is C20H28N2O4S. The molecular weight excluding hydrogens is 364 g/mol. The van der Waals surface area contributed by atoms with E-state index in [2.05, 4.69) is 5.32 Å². The third-order valence-corrected chi connectivity index (χ3v) is 5.73. The highest BCUT2D eigenvalue weighted by Crippen LogP contribution is 2.25. The Labute approximate surface area is 161 Å². The van der Waals surface area contributed by atoms with Gasteiger partial charge >= 0.3 is 0 Å². The van der Waals surface area contributed by atoms with Gasteiger partial charge in [-0.2, -0.15) is 0 Å². The highest BCUT2D eigenvalue weighted by molar-refractivity contribution is 7.92. The lowest BCUT2D eigenvalue weighted by atomic mass is 10.1. The second-order valence-corrected chi connectivity index (χ2v) is 8.58. The van der Waals surface area contributed by atoms with Gasteiger partial charge in [0, 0.05) is 13.0 Å². The lowest BCUT2D eigenvalue weighted by Crippen LogP contribution is -2.49. The van der Waals surface area contributed by atoms with E-state index in [1.54, 1.807) is 12.3 Å². The van der Waals surface area contributed by atoms with Crippen LogP contribution in [0.2, 0.25) is 0 Å². The molecule has 1 aromatic heterocycles. The van der Waals surface area contributed by atoms with Gasteiger partial charge in [-0.25, -0.2) is 8.42 Å². The molecule has 1 heterocycles. The Balaban J connectivity index is 2.11. The summed E-state index contributed by atoms with van der Waals surface area (Å²) in [5, 5.41) is 2.86. The van der Waals surface area contributed by atoms with Crippen molar-refractivity contribution in [2.45, 2.75) is 46.1 Å². The maximum atomic E-state index is 12.7. The number of rotatable bonds is 9. The van der Waals surface area contributed by atoms with Crippen LogP contribution in [-0.4, -0.2) is 33.2 Å². The molecule has 2 aromatic rings. The van der Waals surface area contributed by atoms with Gasteiger partial charge in [-0.1, -0.05) is 13.0 Å². The largest absolute Gasteiger partial charge is 0.469 e. The Kier molecular flexibility index (Phi) is 7.07. The van der Waals surface area contributed by atoms with E-state index in [0.29, 0.717) is 18.7 Å². The van der Waals surface area contributed by atoms with Crippen molar-refractivity contribution in [1.29, 1.82) is 0 Å². The summed E-state index contributed by atoms with van der Waals surface area (Å²) in [5.74, 6) is 0.574. The summed E-state index contributed by atoms with van der Waals surface area (Å²) in [4.78, 5) is 12.7. The molecule has 6 nitrogen and oxygen atoms in total. The number of carbonyl (C=O) groups excluding carboxylic acids is 1. The van der Waals surface area contributed by atoms with Gasteiger partial charge in [0.15, 0.2) is 0 Å². The van der Waals surface area contributed by atoms with Crippen LogP contribution in [-0.2, 0) is 21.2 Å². The molecule has 0 saturated heterocycles. The predicted octanol–water partition coefficient (Wildman–Crippen LogP) is 3.19. The molecule has 0 radical (unpaired) electrons. The smallest absolute Gasteiger partial charge is 0.243 e. The number of benzene rings is 1. The van der Waals surface area contributed by atoms with Crippen LogP contribution < -0.4 is 9.62 Å². The number of amides is 1. The zero-order chi connectivity index (χ0) is 20.0. The van der Waals surface area contributed by atoms with Gasteiger partial charge in [0.25, 0.3) is 0 Å². The van der Waals surface area contributed by atoms with Gasteiger partial charge in [-0.05, 0) is 62.1 Å². The lowest BCUT2D eigenvalue weighted by molar-refractivity contribution is -0.122. The fraction of sp³-hybridized carbons (Fsp3) is 0.450. The van der Waals surface area contributed by atoms with Crippen LogP contribution in [0.5, 0.6) is 0 Å². The molecule has 27 heavy (non-hydrogen) atoms. The first-order valence-corrected chi connectivity index (χ1v) is 11.0. The number of hydrogen-bond acceptors (Lipinski definition) is 4. The van der Waals surface area contributed by atoms with Crippen LogP contribution in [0.3, 0.4) is 0 Å². The van der Waals surface area contributed by atoms with Crippen LogP contribution in [0, 0.1) is 13.8 Å². The SMILES string of the molecule is CCC(C(=O)NCCCc1ccco1)N(c1ccc(C)c(C)c1)S(C)(=O)=O. The molecule has 0 fully saturated rings. The summed E-state index contributed by atoms with van der Waals surface area (Å²) in [6.07, 6.45) is 4.57. The van der Waals surface area contributed by atoms with Crippen molar-refractivity contribution in [3.05, 3.63) is 53.5 Å². The van der Waals surface area contributed by atoms with Gasteiger partial charge in [-0.15, -0.1) is 0 Å². The monoisotopic (exact) mass is 392 g/mol. The number of sulfonamides is 1. The van der Waals surface area contributed by atoms with E-state index >= 15 is 0 Å². The summed E-state index contributed by atoms with van der Waals surface area (Å²) in [6, 6.07) is 8.36. The van der Waals surface area contributed by atoms with Crippen molar-refractivity contribution in [2.75, 3.05) is 17.1 Å². The number of aryl methyl sites for hydroxylation is 3. The minimum absolute atomic E-state index is 0.291. The molecule has 1 unspecified atom stereocenters. The van der Waals surface area contributed by atoms with Crippen LogP contribution in [0.15, 0.2) is 41.0 Å². The van der Waals surface area contributed by atoms with Crippen molar-refractivity contribution in [3.8, 4) is 0 Å². The molecule has 1 atom stereocenters. The molecule has 0 spiro atoms. The average Bonchev–Trinajstić information content (AvgIpc) is 3.11. The summed E-state index contributed by atoms with van der Waals surface area (Å²) in [5.41, 5.74) is 2.57. The molecule has 0 aliphatic heterocycles. The Morgan fingerprint density at radius 1 is 1.22 bits per heavy atom. The zero-order valence-electron chi connectivity index (χ0n) is 16.4. The second-order valence-electron chi connectivity index (χ2n) is 6.73. The summed E-state index contributed by atoms with van der Waals surface area (Å²) in [6.45, 7) is 6.16. The number of hydrogen-bond donors (Lipinski definition) is 1. The fourth-order valence-corrected chi connectivity index (χ4v) is 4.17. The molecule has 0 aliphatic rings. The molecule has 1 N–H and O–H groups in total. The Morgan fingerprint density at radius 3 is 2.52 bits per heavy atom. The maximum Gasteiger partial charge on any atom is 0.243 e. The number of nitrogens with one attached hydrogen (secondary N) is 1. The van der Waals surface area contributed by atoms with E-state index in [4.69, 9.17) is 4.42 Å². The van der Waals surface area contributed by atoms with Crippen molar-refractivity contribution in [3.63, 3.8) is 0 Å². The molecule has 1 amide bonds. The summed E-state index contributed by atoms with van der Waals surface area (Å²) >= 11 is 0. The van der Waals surface area contributed by atoms with Gasteiger partial charge in [0.2, 0.25) is 15.9 Å². The fourth-order valence-electron chi connectivity index (χ4n) is 2.97. The number of nitrogens with zero attached hydrogens (tertiary/aromatic N) is 1. The second kappa shape index (κ2) is 9.08. The van der Waals surface area contributed by atoms with E-state index in [1.807, 2.05) is 45.0 Å². The summed E-state index contributed by atoms with van der Waals surface area (Å²) < 4.78 is 31.4. The predicted molar refractivity (Wildman–Crippen MR) is 107 cm³/mol. The van der Waals surface area contributed by atoms with Gasteiger partial charge in [0.1, 0.15) is 11.8 Å². The molecule has 148 valence electrons. The van der Waals surface area contributed by atoms with E-state index in [-0.39, 0.29) is 5.91 Å². The topological polar surface area (TPSA) is 79.6 Å². The van der Waals surface area contributed by atoms with Gasteiger partial charge in [-0.3, -0.25) is 9.10 Å². The normalized spacial score (nSPS) is 12.6. The Morgan fingerprint density at radius 2 is 1.96 bits per heavy atom. The van der Waals surface area contributed by atoms with Crippen molar-refractivity contribution in [2.24, 2.45) is 0 Å². The van der Waals surface area contributed by atoms with Crippen LogP contribution in [0.4, 0.5) is 5.69 Å². The van der Waals surface area contributed by atoms with E-state index in [1.165, 1.54) is 4.31 Å². The molecule has 2 rings (SSSR count). The van der Waals surface area contributed by atoms with E-state index in [9.17, 15) is 13.2 Å². The summed E-state index contributed by atoms with van der Waals surface area (Å²) in [7, 11) is -3.61. The van der Waals surface area contributed by atoms with Gasteiger partial charge in [0.05, 0.1) is 18.2 Å². The van der Waals surface area contributed by atoms with Crippen LogP contribution in [0.1, 0.15) is 36.7 Å². The van der Waals surface area contributed by atoms with Crippen LogP contribution >= 0.6 is 0 Å². The zero-order valence-corrected chi connectivity index (χ0v) is 17.2. The Hall–Kier alpha value is -2.28. The van der Waals surface area contributed by atoms with Crippen molar-refractivity contribution in [1.82, 2.24) is 5.32 Å². The minimum atomic E-state index is -3.61. The third-order valence-electron chi connectivity index (χ3n) is 4.55. The quantitative estimate of drug-likeness (QED) is 0.665. The molecule has 0 bridgehead atoms. The van der Waals surface area contributed by atoms with Gasteiger partial charge < -0.3 is 9.73 Å². The lowest BCUT2D eigenvalue weighted by Gasteiger charge is -2.30. The Bertz CT molecular complexity index is 860. The highest BCUT2D eigenvalue weighted by atomic mass is 32.2. The number of furan rings is 1. The van der Waals surface area contributed by atoms with E-state index < -0.39 is 16.1 Å². The standard InChI is InChI=1S/C20H28N2O4S/c1-5-19(20(23)21-12-6-8-18-9-7-13-26-18)22(27(4,24)25)17-11-10-15(2)16(3)14-17/h7,9-11,13-14,19H,5-6,8,12H2,1-4H3,(H,21,23). The van der Waals surface area contributed by atoms with Crippen molar-refractivity contribution < 1.29 is 17.6 Å². The third kappa shape index (κ3) is 5.60. The molecule has 1 aromatic carbocycles.